The number of hydrogen-bond acceptors (Lipinski definition) is 5. The van der Waals surface area contributed by atoms with Crippen LogP contribution in [-0.2, 0) is 14.4 Å². The normalized spacial score (nSPS) is 26.2. The van der Waals surface area contributed by atoms with Crippen molar-refractivity contribution < 1.29 is 24.2 Å². The second-order valence-corrected chi connectivity index (χ2v) is 11.8. The number of carbonyl (C=O) groups is 3. The van der Waals surface area contributed by atoms with E-state index >= 15 is 0 Å². The molecule has 3 heterocycles. The third-order valence-corrected chi connectivity index (χ3v) is 9.70. The lowest BCUT2D eigenvalue weighted by molar-refractivity contribution is -0.180. The fraction of sp³-hybridized carbons (Fsp3) is 0.276. The number of rotatable bonds is 6. The van der Waals surface area contributed by atoms with Gasteiger partial charge in [-0.25, -0.2) is 4.79 Å². The standard InChI is InChI=1S/C23H23ClN2O4S.C6H4O/c1-15(27)25-23(20(29)30)21(2,14-24)31-22(13-18(28)26(22)23)19(16-9-5-3-6-10-16)17-11-7-4-8-12-17;1-2-4-6-5(3-1)7-6/h3-12,19H,13-14H2,1-2H3,(H,25,27)(H,29,30);1-4H/t21?,22-,23?;/m0./s1. The Kier molecular flexibility index (Phi) is 6.65. The Balaban J connectivity index is 0.000000358. The molecule has 2 N–H and O–H groups in total. The average Bonchev–Trinajstić information content (AvgIpc) is 3.66. The van der Waals surface area contributed by atoms with Gasteiger partial charge in [0.05, 0.1) is 11.2 Å². The topological polar surface area (TPSA) is 99.2 Å². The molecule has 2 amide bonds. The summed E-state index contributed by atoms with van der Waals surface area (Å²) in [5, 5.41) is 13.0. The molecule has 2 unspecified atom stereocenters. The summed E-state index contributed by atoms with van der Waals surface area (Å²) in [5.41, 5.74) is -0.0400. The summed E-state index contributed by atoms with van der Waals surface area (Å²) in [5.74, 6) is -0.472. The van der Waals surface area contributed by atoms with Gasteiger partial charge in [0.25, 0.3) is 0 Å². The van der Waals surface area contributed by atoms with Crippen LogP contribution in [0.15, 0.2) is 84.9 Å². The predicted octanol–water partition coefficient (Wildman–Crippen LogP) is 5.20. The van der Waals surface area contributed by atoms with Gasteiger partial charge in [0, 0.05) is 18.7 Å². The number of fused-ring (bicyclic) bond motifs is 2. The maximum atomic E-state index is 13.0. The van der Waals surface area contributed by atoms with Crippen molar-refractivity contribution in [1.29, 1.82) is 0 Å². The molecular weight excluding hydrogens is 524 g/mol. The molecule has 3 aliphatic rings. The third-order valence-electron chi connectivity index (χ3n) is 7.20. The van der Waals surface area contributed by atoms with Gasteiger partial charge in [0.15, 0.2) is 11.5 Å². The summed E-state index contributed by atoms with van der Waals surface area (Å²) < 4.78 is 3.78. The van der Waals surface area contributed by atoms with Crippen molar-refractivity contribution in [2.45, 2.75) is 41.5 Å². The molecule has 3 aromatic carbocycles. The molecule has 9 heteroatoms. The van der Waals surface area contributed by atoms with E-state index in [1.165, 1.54) is 23.6 Å². The molecule has 3 atom stereocenters. The Bertz CT molecular complexity index is 1330. The highest BCUT2D eigenvalue weighted by atomic mass is 35.5. The first kappa shape index (κ1) is 26.1. The first-order valence-corrected chi connectivity index (χ1v) is 13.5. The largest absolute Gasteiger partial charge is 0.478 e. The molecule has 0 bridgehead atoms. The number of halogens is 1. The van der Waals surface area contributed by atoms with E-state index in [1.807, 2.05) is 84.9 Å². The minimum atomic E-state index is -1.96. The Hall–Kier alpha value is -3.49. The number of para-hydroxylation sites is 2. The number of ether oxygens (including phenoxy) is 1. The smallest absolute Gasteiger partial charge is 0.352 e. The number of hydrogen-bond donors (Lipinski definition) is 2. The van der Waals surface area contributed by atoms with Crippen molar-refractivity contribution >= 4 is 41.1 Å². The van der Waals surface area contributed by atoms with E-state index in [4.69, 9.17) is 16.3 Å². The van der Waals surface area contributed by atoms with Crippen LogP contribution in [0.5, 0.6) is 11.5 Å². The van der Waals surface area contributed by atoms with Crippen molar-refractivity contribution in [3.63, 3.8) is 0 Å². The van der Waals surface area contributed by atoms with Crippen LogP contribution >= 0.6 is 23.4 Å². The molecule has 3 aliphatic heterocycles. The van der Waals surface area contributed by atoms with E-state index in [0.29, 0.717) is 0 Å². The monoisotopic (exact) mass is 550 g/mol. The van der Waals surface area contributed by atoms with Gasteiger partial charge >= 0.3 is 5.97 Å². The molecule has 38 heavy (non-hydrogen) atoms. The third kappa shape index (κ3) is 4.03. The number of benzene rings is 3. The Morgan fingerprint density at radius 3 is 1.89 bits per heavy atom. The van der Waals surface area contributed by atoms with Crippen LogP contribution in [0, 0.1) is 0 Å². The summed E-state index contributed by atoms with van der Waals surface area (Å²) in [6.45, 7) is 2.95. The summed E-state index contributed by atoms with van der Waals surface area (Å²) in [6.07, 6.45) is 0.146. The molecule has 7 nitrogen and oxygen atoms in total. The van der Waals surface area contributed by atoms with Gasteiger partial charge in [-0.3, -0.25) is 14.5 Å². The fourth-order valence-electron chi connectivity index (χ4n) is 5.60. The number of β-lactam (4-membered cyclic amide) rings is 1. The zero-order chi connectivity index (χ0) is 27.1. The lowest BCUT2D eigenvalue weighted by Crippen LogP contribution is -2.78. The number of aliphatic carboxylic acids is 1. The van der Waals surface area contributed by atoms with Crippen LogP contribution in [0.4, 0.5) is 0 Å². The van der Waals surface area contributed by atoms with Crippen molar-refractivity contribution in [3.8, 4) is 11.5 Å². The Morgan fingerprint density at radius 2 is 1.50 bits per heavy atom. The van der Waals surface area contributed by atoms with E-state index in [9.17, 15) is 19.5 Å². The molecule has 3 aromatic rings. The second-order valence-electron chi connectivity index (χ2n) is 9.72. The zero-order valence-corrected chi connectivity index (χ0v) is 22.5. The number of alkyl halides is 1. The molecule has 2 saturated heterocycles. The van der Waals surface area contributed by atoms with Gasteiger partial charge in [0.2, 0.25) is 17.5 Å². The summed E-state index contributed by atoms with van der Waals surface area (Å²) in [6, 6.07) is 27.3. The van der Waals surface area contributed by atoms with Crippen molar-refractivity contribution in [3.05, 3.63) is 96.1 Å². The first-order valence-electron chi connectivity index (χ1n) is 12.2. The van der Waals surface area contributed by atoms with Crippen LogP contribution in [0.1, 0.15) is 37.3 Å². The number of carboxylic acids is 1. The number of thioether (sulfide) groups is 1. The molecule has 0 aliphatic carbocycles. The molecule has 196 valence electrons. The van der Waals surface area contributed by atoms with E-state index in [1.54, 1.807) is 6.92 Å². The molecule has 2 fully saturated rings. The van der Waals surface area contributed by atoms with Gasteiger partial charge in [0.1, 0.15) is 4.87 Å². The van der Waals surface area contributed by atoms with Crippen LogP contribution < -0.4 is 10.1 Å². The lowest BCUT2D eigenvalue weighted by atomic mass is 9.75. The number of carbonyl (C=O) groups excluding carboxylic acids is 2. The molecule has 0 saturated carbocycles. The van der Waals surface area contributed by atoms with E-state index < -0.39 is 27.2 Å². The van der Waals surface area contributed by atoms with Gasteiger partial charge in [-0.05, 0) is 30.2 Å². The first-order chi connectivity index (χ1) is 18.2. The minimum Gasteiger partial charge on any atom is -0.478 e. The maximum Gasteiger partial charge on any atom is 0.352 e. The van der Waals surface area contributed by atoms with Crippen LogP contribution in [0.2, 0.25) is 0 Å². The van der Waals surface area contributed by atoms with Gasteiger partial charge < -0.3 is 15.2 Å². The zero-order valence-electron chi connectivity index (χ0n) is 20.9. The van der Waals surface area contributed by atoms with Gasteiger partial charge in [-0.15, -0.1) is 23.4 Å². The van der Waals surface area contributed by atoms with Crippen LogP contribution in [0.25, 0.3) is 0 Å². The number of carboxylic acid groups (broad SMARTS) is 1. The van der Waals surface area contributed by atoms with Crippen molar-refractivity contribution in [2.75, 3.05) is 5.88 Å². The minimum absolute atomic E-state index is 0.0634. The summed E-state index contributed by atoms with van der Waals surface area (Å²) in [4.78, 5) is 38.4. The Labute approximate surface area is 230 Å². The summed E-state index contributed by atoms with van der Waals surface area (Å²) in [7, 11) is 0. The highest BCUT2D eigenvalue weighted by Gasteiger charge is 2.79. The highest BCUT2D eigenvalue weighted by molar-refractivity contribution is 8.02. The molecule has 0 radical (unpaired) electrons. The number of nitrogens with zero attached hydrogens (tertiary/aromatic N) is 1. The highest BCUT2D eigenvalue weighted by Crippen LogP contribution is 2.68. The second kappa shape index (κ2) is 9.67. The fourth-order valence-corrected chi connectivity index (χ4v) is 8.08. The molecule has 0 aromatic heterocycles. The quantitative estimate of drug-likeness (QED) is 0.194. The van der Waals surface area contributed by atoms with Gasteiger partial charge in [-0.2, -0.15) is 0 Å². The molecular formula is C29H27ClN2O5S. The molecule has 0 spiro atoms. The lowest BCUT2D eigenvalue weighted by Gasteiger charge is -2.55. The molecule has 6 rings (SSSR count). The van der Waals surface area contributed by atoms with Crippen molar-refractivity contribution in [1.82, 2.24) is 10.2 Å². The Morgan fingerprint density at radius 1 is 1.00 bits per heavy atom. The average molecular weight is 551 g/mol. The van der Waals surface area contributed by atoms with Crippen LogP contribution in [-0.4, -0.2) is 49.0 Å². The van der Waals surface area contributed by atoms with E-state index in [0.717, 1.165) is 22.6 Å². The van der Waals surface area contributed by atoms with E-state index in [2.05, 4.69) is 5.32 Å². The van der Waals surface area contributed by atoms with Gasteiger partial charge in [-0.1, -0.05) is 72.8 Å². The van der Waals surface area contributed by atoms with Crippen LogP contribution in [0.3, 0.4) is 0 Å². The predicted molar refractivity (Wildman–Crippen MR) is 146 cm³/mol. The SMILES string of the molecule is CC(=O)NC1(C(=O)O)N2C(=O)C[C@@]2(C(c2ccccc2)c2ccccc2)SC1(C)CCl.c1ccc2c(c1)O2. The van der Waals surface area contributed by atoms with Crippen molar-refractivity contribution in [2.24, 2.45) is 0 Å². The number of nitrogens with one attached hydrogen (secondary N) is 1. The maximum absolute atomic E-state index is 13.0. The summed E-state index contributed by atoms with van der Waals surface area (Å²) >= 11 is 7.72. The van der Waals surface area contributed by atoms with E-state index in [-0.39, 0.29) is 24.1 Å². The number of amides is 2.